The van der Waals surface area contributed by atoms with Crippen molar-refractivity contribution in [2.45, 2.75) is 76.7 Å². The summed E-state index contributed by atoms with van der Waals surface area (Å²) < 4.78 is 16.7. The van der Waals surface area contributed by atoms with Crippen LogP contribution in [0.4, 0.5) is 0 Å². The van der Waals surface area contributed by atoms with Crippen LogP contribution in [0, 0.1) is 11.8 Å². The average molecular weight is 476 g/mol. The molecule has 3 atom stereocenters. The minimum atomic E-state index is -0.435. The van der Waals surface area contributed by atoms with Crippen molar-refractivity contribution in [3.05, 3.63) is 24.2 Å². The van der Waals surface area contributed by atoms with Crippen molar-refractivity contribution in [2.75, 3.05) is 27.4 Å². The van der Waals surface area contributed by atoms with E-state index in [9.17, 15) is 14.4 Å². The van der Waals surface area contributed by atoms with Crippen molar-refractivity contribution in [1.29, 1.82) is 0 Å². The van der Waals surface area contributed by atoms with E-state index in [4.69, 9.17) is 14.2 Å². The van der Waals surface area contributed by atoms with E-state index >= 15 is 0 Å². The number of hydrogen-bond donors (Lipinski definition) is 2. The topological polar surface area (TPSA) is 106 Å². The van der Waals surface area contributed by atoms with E-state index in [0.717, 1.165) is 32.1 Å². The van der Waals surface area contributed by atoms with Gasteiger partial charge in [0.1, 0.15) is 29.5 Å². The summed E-state index contributed by atoms with van der Waals surface area (Å²) in [5, 5.41) is 5.42. The van der Waals surface area contributed by atoms with Gasteiger partial charge in [-0.05, 0) is 18.8 Å². The Labute approximate surface area is 202 Å². The Kier molecular flexibility index (Phi) is 11.8. The maximum absolute atomic E-state index is 12.3. The molecule has 0 aromatic carbocycles. The molecule has 9 nitrogen and oxygen atoms in total. The number of ketones is 1. The standard InChI is InChI=1S/C25H37N3O6/c1-5-20(29)11-9-7-6-8-10-14-26-23(30)13-12-19-16-28(18(2)27-25(19)31)24-15-21(33-4)22(34-24)17-32-3/h16,21-22,24H,2,5-11,14-15,17H2,1,3-4H3,(H,26,30)(H,27,31)/t21-,22-,24-/m1/s1. The number of carbonyl (C=O) groups is 3. The third-order valence-corrected chi connectivity index (χ3v) is 5.83. The summed E-state index contributed by atoms with van der Waals surface area (Å²) >= 11 is 0. The van der Waals surface area contributed by atoms with E-state index in [0.29, 0.717) is 44.0 Å². The Morgan fingerprint density at radius 2 is 2.00 bits per heavy atom. The molecule has 2 amide bonds. The molecule has 0 bridgehead atoms. The van der Waals surface area contributed by atoms with Gasteiger partial charge in [-0.2, -0.15) is 0 Å². The van der Waals surface area contributed by atoms with Crippen molar-refractivity contribution in [3.8, 4) is 11.8 Å². The summed E-state index contributed by atoms with van der Waals surface area (Å²) in [5.41, 5.74) is 0.150. The van der Waals surface area contributed by atoms with Crippen molar-refractivity contribution in [3.63, 3.8) is 0 Å². The zero-order chi connectivity index (χ0) is 24.9. The minimum Gasteiger partial charge on any atom is -0.382 e. The minimum absolute atomic E-state index is 0.150. The maximum atomic E-state index is 12.3. The first kappa shape index (κ1) is 27.6. The van der Waals surface area contributed by atoms with Crippen LogP contribution in [0.5, 0.6) is 0 Å². The van der Waals surface area contributed by atoms with E-state index in [-0.39, 0.29) is 17.8 Å². The molecular formula is C25H37N3O6. The predicted molar refractivity (Wildman–Crippen MR) is 127 cm³/mol. The Bertz CT molecular complexity index is 828. The first-order chi connectivity index (χ1) is 16.4. The summed E-state index contributed by atoms with van der Waals surface area (Å²) in [5.74, 6) is 4.96. The first-order valence-corrected chi connectivity index (χ1v) is 11.9. The van der Waals surface area contributed by atoms with Gasteiger partial charge in [-0.3, -0.25) is 14.4 Å². The lowest BCUT2D eigenvalue weighted by Crippen LogP contribution is -2.43. The molecule has 2 rings (SSSR count). The molecule has 0 radical (unpaired) electrons. The number of unbranched alkanes of at least 4 members (excludes halogenated alkanes) is 4. The molecular weight excluding hydrogens is 438 g/mol. The van der Waals surface area contributed by atoms with Crippen LogP contribution in [0.3, 0.4) is 0 Å². The Balaban J connectivity index is 1.81. The lowest BCUT2D eigenvalue weighted by Gasteiger charge is -2.32. The molecule has 0 aromatic heterocycles. The van der Waals surface area contributed by atoms with Gasteiger partial charge in [0.05, 0.1) is 12.7 Å². The van der Waals surface area contributed by atoms with Crippen LogP contribution in [0.2, 0.25) is 0 Å². The second-order valence-electron chi connectivity index (χ2n) is 8.36. The molecule has 0 aromatic rings. The van der Waals surface area contributed by atoms with E-state index < -0.39 is 18.0 Å². The van der Waals surface area contributed by atoms with E-state index in [1.807, 2.05) is 6.92 Å². The number of nitrogens with zero attached hydrogens (tertiary/aromatic N) is 1. The van der Waals surface area contributed by atoms with Gasteiger partial charge in [-0.25, -0.2) is 0 Å². The molecule has 0 spiro atoms. The zero-order valence-electron chi connectivity index (χ0n) is 20.5. The highest BCUT2D eigenvalue weighted by Gasteiger charge is 2.40. The molecule has 9 heteroatoms. The smallest absolute Gasteiger partial charge is 0.296 e. The monoisotopic (exact) mass is 475 g/mol. The van der Waals surface area contributed by atoms with Crippen LogP contribution in [0.1, 0.15) is 58.3 Å². The number of rotatable bonds is 13. The zero-order valence-corrected chi connectivity index (χ0v) is 20.5. The summed E-state index contributed by atoms with van der Waals surface area (Å²) in [4.78, 5) is 37.3. The number of hydrogen-bond acceptors (Lipinski definition) is 7. The highest BCUT2D eigenvalue weighted by molar-refractivity contribution is 6.02. The van der Waals surface area contributed by atoms with Crippen molar-refractivity contribution in [2.24, 2.45) is 0 Å². The second-order valence-corrected chi connectivity index (χ2v) is 8.36. The fourth-order valence-corrected chi connectivity index (χ4v) is 3.84. The molecule has 2 heterocycles. The SMILES string of the molecule is C=C1NC(=O)C(C#CC(=O)NCCCCCCCC(=O)CC)=CN1[C@H]1C[C@@H](OC)[C@@H](COC)O1. The van der Waals surface area contributed by atoms with Gasteiger partial charge in [-0.15, -0.1) is 0 Å². The van der Waals surface area contributed by atoms with Gasteiger partial charge in [0.15, 0.2) is 0 Å². The molecule has 0 aliphatic carbocycles. The molecule has 2 aliphatic rings. The van der Waals surface area contributed by atoms with Gasteiger partial charge in [0.25, 0.3) is 11.8 Å². The fourth-order valence-electron chi connectivity index (χ4n) is 3.84. The summed E-state index contributed by atoms with van der Waals surface area (Å²) in [6.07, 6.45) is 7.39. The third kappa shape index (κ3) is 8.60. The largest absolute Gasteiger partial charge is 0.382 e. The number of carbonyl (C=O) groups excluding carboxylic acids is 3. The number of nitrogens with one attached hydrogen (secondary N) is 2. The van der Waals surface area contributed by atoms with E-state index in [1.54, 1.807) is 25.3 Å². The number of methoxy groups -OCH3 is 2. The van der Waals surface area contributed by atoms with Gasteiger partial charge in [0, 0.05) is 52.1 Å². The molecule has 1 saturated heterocycles. The summed E-state index contributed by atoms with van der Waals surface area (Å²) in [6.45, 7) is 6.68. The molecule has 1 fully saturated rings. The third-order valence-electron chi connectivity index (χ3n) is 5.83. The Morgan fingerprint density at radius 1 is 1.26 bits per heavy atom. The Morgan fingerprint density at radius 3 is 2.71 bits per heavy atom. The van der Waals surface area contributed by atoms with Crippen LogP contribution in [0.25, 0.3) is 0 Å². The molecule has 0 unspecified atom stereocenters. The fraction of sp³-hybridized carbons (Fsp3) is 0.640. The predicted octanol–water partition coefficient (Wildman–Crippen LogP) is 1.99. The van der Waals surface area contributed by atoms with Gasteiger partial charge in [-0.1, -0.05) is 32.8 Å². The van der Waals surface area contributed by atoms with Crippen LogP contribution < -0.4 is 10.6 Å². The number of Topliss-reactive ketones (excluding diaryl/α,β-unsaturated/α-hetero) is 1. The highest BCUT2D eigenvalue weighted by Crippen LogP contribution is 2.29. The highest BCUT2D eigenvalue weighted by atomic mass is 16.6. The molecule has 2 aliphatic heterocycles. The van der Waals surface area contributed by atoms with Crippen LogP contribution in [0.15, 0.2) is 24.2 Å². The van der Waals surface area contributed by atoms with E-state index in [1.165, 1.54) is 0 Å². The van der Waals surface area contributed by atoms with Crippen molar-refractivity contribution < 1.29 is 28.6 Å². The molecule has 0 saturated carbocycles. The van der Waals surface area contributed by atoms with Gasteiger partial charge >= 0.3 is 0 Å². The lowest BCUT2D eigenvalue weighted by atomic mass is 10.1. The van der Waals surface area contributed by atoms with Gasteiger partial charge < -0.3 is 29.7 Å². The van der Waals surface area contributed by atoms with Crippen LogP contribution >= 0.6 is 0 Å². The van der Waals surface area contributed by atoms with Crippen molar-refractivity contribution >= 4 is 17.6 Å². The molecule has 188 valence electrons. The summed E-state index contributed by atoms with van der Waals surface area (Å²) in [7, 11) is 3.22. The Hall–Kier alpha value is -2.67. The normalized spacial score (nSPS) is 22.0. The lowest BCUT2D eigenvalue weighted by molar-refractivity contribution is -0.119. The van der Waals surface area contributed by atoms with Crippen LogP contribution in [-0.2, 0) is 28.6 Å². The van der Waals surface area contributed by atoms with Gasteiger partial charge in [0.2, 0.25) is 0 Å². The summed E-state index contributed by atoms with van der Waals surface area (Å²) in [6, 6.07) is 0. The van der Waals surface area contributed by atoms with Crippen molar-refractivity contribution in [1.82, 2.24) is 15.5 Å². The van der Waals surface area contributed by atoms with Crippen LogP contribution in [-0.4, -0.2) is 68.3 Å². The molecule has 2 N–H and O–H groups in total. The second kappa shape index (κ2) is 14.6. The number of ether oxygens (including phenoxy) is 3. The quantitative estimate of drug-likeness (QED) is 0.310. The maximum Gasteiger partial charge on any atom is 0.296 e. The number of amides is 2. The average Bonchev–Trinajstić information content (AvgIpc) is 3.22. The molecule has 34 heavy (non-hydrogen) atoms. The first-order valence-electron chi connectivity index (χ1n) is 11.9. The van der Waals surface area contributed by atoms with E-state index in [2.05, 4.69) is 29.1 Å².